The van der Waals surface area contributed by atoms with Gasteiger partial charge >= 0.3 is 5.97 Å². The van der Waals surface area contributed by atoms with Crippen LogP contribution in [0.25, 0.3) is 11.3 Å². The van der Waals surface area contributed by atoms with Crippen molar-refractivity contribution in [2.75, 3.05) is 0 Å². The van der Waals surface area contributed by atoms with E-state index in [9.17, 15) is 14.4 Å². The molecule has 39 heavy (non-hydrogen) atoms. The van der Waals surface area contributed by atoms with Crippen LogP contribution in [0, 0.1) is 0 Å². The van der Waals surface area contributed by atoms with E-state index in [0.717, 1.165) is 16.7 Å². The zero-order valence-corrected chi connectivity index (χ0v) is 22.5. The fourth-order valence-corrected chi connectivity index (χ4v) is 4.19. The Balaban J connectivity index is 1.62. The molecule has 7 nitrogen and oxygen atoms in total. The smallest absolute Gasteiger partial charge is 0.329 e. The number of amides is 1. The van der Waals surface area contributed by atoms with Crippen LogP contribution in [-0.2, 0) is 33.7 Å². The molecule has 0 aliphatic heterocycles. The van der Waals surface area contributed by atoms with E-state index in [1.54, 1.807) is 26.8 Å². The standard InChI is InChI=1S/C32H33N3O4/c1-32(2,3)39-31(38)28(20-24-15-9-5-10-16-24)33-29(36)22-35-30(37)26(19-23-13-7-4-8-14-23)21-27(34-35)25-17-11-6-12-18-25/h4-18,21,28H,19-20,22H2,1-3H3,(H,33,36)/t28-/m0/s1. The molecule has 1 atom stereocenters. The van der Waals surface area contributed by atoms with Crippen LogP contribution in [0.4, 0.5) is 0 Å². The number of esters is 1. The van der Waals surface area contributed by atoms with Crippen molar-refractivity contribution in [3.63, 3.8) is 0 Å². The molecule has 1 aromatic heterocycles. The summed E-state index contributed by atoms with van der Waals surface area (Å²) >= 11 is 0. The van der Waals surface area contributed by atoms with Gasteiger partial charge in [-0.3, -0.25) is 9.59 Å². The van der Waals surface area contributed by atoms with Crippen molar-refractivity contribution in [3.8, 4) is 11.3 Å². The summed E-state index contributed by atoms with van der Waals surface area (Å²) < 4.78 is 6.74. The number of carbonyl (C=O) groups excluding carboxylic acids is 2. The van der Waals surface area contributed by atoms with Gasteiger partial charge < -0.3 is 10.1 Å². The molecular weight excluding hydrogens is 490 g/mol. The van der Waals surface area contributed by atoms with Gasteiger partial charge in [-0.25, -0.2) is 9.48 Å². The Morgan fingerprint density at radius 2 is 1.44 bits per heavy atom. The van der Waals surface area contributed by atoms with E-state index in [0.29, 0.717) is 17.7 Å². The molecule has 0 aliphatic carbocycles. The highest BCUT2D eigenvalue weighted by Gasteiger charge is 2.27. The van der Waals surface area contributed by atoms with E-state index in [1.807, 2.05) is 91.0 Å². The van der Waals surface area contributed by atoms with Gasteiger partial charge in [-0.05, 0) is 38.0 Å². The van der Waals surface area contributed by atoms with Gasteiger partial charge in [0.25, 0.3) is 5.56 Å². The number of rotatable bonds is 9. The number of benzene rings is 3. The molecule has 1 heterocycles. The third-order valence-electron chi connectivity index (χ3n) is 5.96. The molecule has 200 valence electrons. The third-order valence-corrected chi connectivity index (χ3v) is 5.96. The number of hydrogen-bond donors (Lipinski definition) is 1. The van der Waals surface area contributed by atoms with E-state index in [2.05, 4.69) is 10.4 Å². The molecule has 0 saturated heterocycles. The molecule has 1 N–H and O–H groups in total. The predicted octanol–water partition coefficient (Wildman–Crippen LogP) is 4.57. The topological polar surface area (TPSA) is 90.3 Å². The molecule has 7 heteroatoms. The summed E-state index contributed by atoms with van der Waals surface area (Å²) in [6.07, 6.45) is 0.658. The van der Waals surface area contributed by atoms with E-state index < -0.39 is 23.5 Å². The minimum absolute atomic E-state index is 0.257. The lowest BCUT2D eigenvalue weighted by Crippen LogP contribution is -2.47. The van der Waals surface area contributed by atoms with Crippen LogP contribution in [0.15, 0.2) is 102 Å². The third kappa shape index (κ3) is 7.98. The maximum Gasteiger partial charge on any atom is 0.329 e. The first-order valence-corrected chi connectivity index (χ1v) is 12.9. The molecule has 1 amide bonds. The van der Waals surface area contributed by atoms with Crippen molar-refractivity contribution in [2.24, 2.45) is 0 Å². The van der Waals surface area contributed by atoms with Gasteiger partial charge in [-0.2, -0.15) is 5.10 Å². The normalized spacial score (nSPS) is 12.0. The van der Waals surface area contributed by atoms with Gasteiger partial charge in [0.15, 0.2) is 0 Å². The lowest BCUT2D eigenvalue weighted by atomic mass is 10.0. The first-order chi connectivity index (χ1) is 18.7. The van der Waals surface area contributed by atoms with E-state index in [4.69, 9.17) is 4.74 Å². The quantitative estimate of drug-likeness (QED) is 0.325. The SMILES string of the molecule is CC(C)(C)OC(=O)[C@H](Cc1ccccc1)NC(=O)Cn1nc(-c2ccccc2)cc(Cc2ccccc2)c1=O. The summed E-state index contributed by atoms with van der Waals surface area (Å²) in [6, 6.07) is 29.4. The molecule has 4 aromatic rings. The van der Waals surface area contributed by atoms with Gasteiger partial charge in [-0.1, -0.05) is 91.0 Å². The van der Waals surface area contributed by atoms with Crippen molar-refractivity contribution < 1.29 is 14.3 Å². The van der Waals surface area contributed by atoms with Crippen LogP contribution in [0.2, 0.25) is 0 Å². The molecular formula is C32H33N3O4. The molecule has 0 bridgehead atoms. The van der Waals surface area contributed by atoms with Crippen LogP contribution in [0.1, 0.15) is 37.5 Å². The van der Waals surface area contributed by atoms with Crippen molar-refractivity contribution in [1.82, 2.24) is 15.1 Å². The van der Waals surface area contributed by atoms with Crippen LogP contribution >= 0.6 is 0 Å². The van der Waals surface area contributed by atoms with E-state index >= 15 is 0 Å². The highest BCUT2D eigenvalue weighted by atomic mass is 16.6. The van der Waals surface area contributed by atoms with Gasteiger partial charge in [-0.15, -0.1) is 0 Å². The lowest BCUT2D eigenvalue weighted by molar-refractivity contribution is -0.158. The fourth-order valence-electron chi connectivity index (χ4n) is 4.19. The Labute approximate surface area is 228 Å². The number of ether oxygens (including phenoxy) is 1. The van der Waals surface area contributed by atoms with Crippen molar-refractivity contribution in [2.45, 2.75) is 51.8 Å². The number of aromatic nitrogens is 2. The van der Waals surface area contributed by atoms with Crippen LogP contribution < -0.4 is 10.9 Å². The summed E-state index contributed by atoms with van der Waals surface area (Å²) in [5.41, 5.74) is 2.72. The van der Waals surface area contributed by atoms with Crippen molar-refractivity contribution >= 4 is 11.9 Å². The molecule has 0 unspecified atom stereocenters. The molecule has 0 aliphatic rings. The number of hydrogen-bond acceptors (Lipinski definition) is 5. The maximum atomic E-state index is 13.4. The van der Waals surface area contributed by atoms with Crippen molar-refractivity contribution in [3.05, 3.63) is 124 Å². The van der Waals surface area contributed by atoms with E-state index in [-0.39, 0.29) is 18.5 Å². The summed E-state index contributed by atoms with van der Waals surface area (Å²) in [7, 11) is 0. The first kappa shape index (κ1) is 27.5. The van der Waals surface area contributed by atoms with E-state index in [1.165, 1.54) is 4.68 Å². The van der Waals surface area contributed by atoms with Crippen molar-refractivity contribution in [1.29, 1.82) is 0 Å². The van der Waals surface area contributed by atoms with Crippen LogP contribution in [-0.4, -0.2) is 33.3 Å². The monoisotopic (exact) mass is 523 g/mol. The average molecular weight is 524 g/mol. The van der Waals surface area contributed by atoms with Gasteiger partial charge in [0.05, 0.1) is 5.69 Å². The molecule has 3 aromatic carbocycles. The number of nitrogens with zero attached hydrogens (tertiary/aromatic N) is 2. The summed E-state index contributed by atoms with van der Waals surface area (Å²) in [6.45, 7) is 4.99. The summed E-state index contributed by atoms with van der Waals surface area (Å²) in [5, 5.41) is 7.29. The minimum atomic E-state index is -0.920. The Kier molecular flexibility index (Phi) is 8.71. The van der Waals surface area contributed by atoms with Crippen LogP contribution in [0.3, 0.4) is 0 Å². The van der Waals surface area contributed by atoms with Gasteiger partial charge in [0, 0.05) is 24.0 Å². The second-order valence-electron chi connectivity index (χ2n) is 10.4. The van der Waals surface area contributed by atoms with Gasteiger partial charge in [0.2, 0.25) is 5.91 Å². The Morgan fingerprint density at radius 1 is 0.872 bits per heavy atom. The molecule has 0 saturated carbocycles. The Bertz CT molecular complexity index is 1460. The Hall–Kier alpha value is -4.52. The second kappa shape index (κ2) is 12.3. The zero-order chi connectivity index (χ0) is 27.8. The molecule has 0 spiro atoms. The lowest BCUT2D eigenvalue weighted by Gasteiger charge is -2.25. The largest absolute Gasteiger partial charge is 0.458 e. The molecule has 0 fully saturated rings. The fraction of sp³-hybridized carbons (Fsp3) is 0.250. The summed E-state index contributed by atoms with van der Waals surface area (Å²) in [4.78, 5) is 39.6. The molecule has 0 radical (unpaired) electrons. The number of carbonyl (C=O) groups is 2. The predicted molar refractivity (Wildman–Crippen MR) is 151 cm³/mol. The minimum Gasteiger partial charge on any atom is -0.458 e. The highest BCUT2D eigenvalue weighted by Crippen LogP contribution is 2.18. The van der Waals surface area contributed by atoms with Crippen LogP contribution in [0.5, 0.6) is 0 Å². The number of nitrogens with one attached hydrogen (secondary N) is 1. The molecule has 4 rings (SSSR count). The first-order valence-electron chi connectivity index (χ1n) is 12.9. The zero-order valence-electron chi connectivity index (χ0n) is 22.5. The second-order valence-corrected chi connectivity index (χ2v) is 10.4. The average Bonchev–Trinajstić information content (AvgIpc) is 2.91. The highest BCUT2D eigenvalue weighted by molar-refractivity contribution is 5.84. The maximum absolute atomic E-state index is 13.4. The summed E-state index contributed by atoms with van der Waals surface area (Å²) in [5.74, 6) is -1.05. The Morgan fingerprint density at radius 3 is 2.03 bits per heavy atom. The van der Waals surface area contributed by atoms with Gasteiger partial charge in [0.1, 0.15) is 18.2 Å².